The summed E-state index contributed by atoms with van der Waals surface area (Å²) in [5, 5.41) is 1.48. The first kappa shape index (κ1) is 13.2. The van der Waals surface area contributed by atoms with Crippen LogP contribution in [0.25, 0.3) is 22.3 Å². The number of hydrogen-bond donors (Lipinski definition) is 0. The van der Waals surface area contributed by atoms with Gasteiger partial charge in [0.1, 0.15) is 5.15 Å². The van der Waals surface area contributed by atoms with Crippen molar-refractivity contribution in [3.05, 3.63) is 49.9 Å². The third-order valence-corrected chi connectivity index (χ3v) is 4.75. The molecule has 3 rings (SSSR count). The zero-order valence-electron chi connectivity index (χ0n) is 9.44. The number of halogens is 3. The number of aromatic nitrogens is 3. The van der Waals surface area contributed by atoms with Gasteiger partial charge in [-0.1, -0.05) is 33.6 Å². The Kier molecular flexibility index (Phi) is 3.68. The minimum Gasteiger partial charge on any atom is -0.255 e. The average Bonchev–Trinajstić information content (AvgIpc) is 2.43. The molecule has 2 aromatic heterocycles. The van der Waals surface area contributed by atoms with Gasteiger partial charge in [0.25, 0.3) is 0 Å². The molecule has 0 radical (unpaired) electrons. The molecule has 0 bridgehead atoms. The molecule has 94 valence electrons. The largest absolute Gasteiger partial charge is 0.255 e. The van der Waals surface area contributed by atoms with Crippen molar-refractivity contribution in [1.82, 2.24) is 15.0 Å². The molecule has 3 aromatic rings. The molecule has 0 aliphatic heterocycles. The van der Waals surface area contributed by atoms with Crippen molar-refractivity contribution in [1.29, 1.82) is 0 Å². The molecule has 0 aliphatic rings. The lowest BCUT2D eigenvalue weighted by atomic mass is 10.1. The quantitative estimate of drug-likeness (QED) is 0.401. The molecule has 0 aliphatic carbocycles. The summed E-state index contributed by atoms with van der Waals surface area (Å²) in [4.78, 5) is 13.1. The predicted molar refractivity (Wildman–Crippen MR) is 88.2 cm³/mol. The lowest BCUT2D eigenvalue weighted by Crippen LogP contribution is -1.93. The van der Waals surface area contributed by atoms with Crippen LogP contribution in [0.4, 0.5) is 0 Å². The first-order chi connectivity index (χ1) is 9.16. The normalized spacial score (nSPS) is 10.9. The van der Waals surface area contributed by atoms with E-state index in [-0.39, 0.29) is 0 Å². The van der Waals surface area contributed by atoms with Crippen LogP contribution in [-0.2, 0) is 0 Å². The van der Waals surface area contributed by atoms with Crippen molar-refractivity contribution < 1.29 is 0 Å². The maximum Gasteiger partial charge on any atom is 0.163 e. The average molecular weight is 446 g/mol. The summed E-state index contributed by atoms with van der Waals surface area (Å²) in [7, 11) is 0. The molecule has 0 spiro atoms. The van der Waals surface area contributed by atoms with Crippen LogP contribution in [0, 0.1) is 3.57 Å². The van der Waals surface area contributed by atoms with E-state index in [1.54, 1.807) is 12.4 Å². The highest BCUT2D eigenvalue weighted by Gasteiger charge is 2.11. The molecule has 0 saturated heterocycles. The number of hydrogen-bond acceptors (Lipinski definition) is 3. The summed E-state index contributed by atoms with van der Waals surface area (Å²) in [6.45, 7) is 0. The minimum atomic E-state index is 0.456. The van der Waals surface area contributed by atoms with Crippen LogP contribution >= 0.6 is 50.1 Å². The van der Waals surface area contributed by atoms with Gasteiger partial charge in [0.2, 0.25) is 0 Å². The molecule has 0 unspecified atom stereocenters. The Morgan fingerprint density at radius 2 is 2.00 bits per heavy atom. The molecule has 0 N–H and O–H groups in total. The van der Waals surface area contributed by atoms with Crippen molar-refractivity contribution in [2.45, 2.75) is 0 Å². The highest BCUT2D eigenvalue weighted by Crippen LogP contribution is 2.30. The van der Waals surface area contributed by atoms with Crippen molar-refractivity contribution in [2.75, 3.05) is 0 Å². The summed E-state index contributed by atoms with van der Waals surface area (Å²) in [5.74, 6) is 0.585. The second kappa shape index (κ2) is 5.30. The highest BCUT2D eigenvalue weighted by atomic mass is 127. The molecule has 2 heterocycles. The predicted octanol–water partition coefficient (Wildman–Crippen LogP) is 4.71. The fourth-order valence-electron chi connectivity index (χ4n) is 1.79. The molecule has 0 fully saturated rings. The number of pyridine rings is 1. The number of benzene rings is 1. The lowest BCUT2D eigenvalue weighted by Gasteiger charge is -2.06. The second-order valence-electron chi connectivity index (χ2n) is 3.83. The molecular weight excluding hydrogens is 440 g/mol. The van der Waals surface area contributed by atoms with Gasteiger partial charge < -0.3 is 0 Å². The van der Waals surface area contributed by atoms with E-state index < -0.39 is 0 Å². The zero-order chi connectivity index (χ0) is 13.4. The van der Waals surface area contributed by atoms with Crippen molar-refractivity contribution in [2.24, 2.45) is 0 Å². The molecular formula is C13H6BrClIN3. The van der Waals surface area contributed by atoms with E-state index >= 15 is 0 Å². The summed E-state index contributed by atoms with van der Waals surface area (Å²) in [6.07, 6.45) is 3.47. The van der Waals surface area contributed by atoms with Crippen LogP contribution in [0.3, 0.4) is 0 Å². The molecule has 0 atom stereocenters. The Labute approximate surface area is 136 Å². The Morgan fingerprint density at radius 3 is 2.79 bits per heavy atom. The van der Waals surface area contributed by atoms with Gasteiger partial charge in [-0.15, -0.1) is 0 Å². The SMILES string of the molecule is Clc1nc(-c2ccc(Br)c3cccnc23)ncc1I. The van der Waals surface area contributed by atoms with E-state index in [0.29, 0.717) is 11.0 Å². The Bertz CT molecular complexity index is 779. The van der Waals surface area contributed by atoms with E-state index in [4.69, 9.17) is 11.6 Å². The minimum absolute atomic E-state index is 0.456. The number of fused-ring (bicyclic) bond motifs is 1. The molecule has 3 nitrogen and oxygen atoms in total. The first-order valence-corrected chi connectivity index (χ1v) is 7.63. The van der Waals surface area contributed by atoms with Gasteiger partial charge in [-0.3, -0.25) is 4.98 Å². The van der Waals surface area contributed by atoms with Gasteiger partial charge >= 0.3 is 0 Å². The van der Waals surface area contributed by atoms with E-state index in [2.05, 4.69) is 53.5 Å². The van der Waals surface area contributed by atoms with E-state index in [1.165, 1.54) is 0 Å². The van der Waals surface area contributed by atoms with Gasteiger partial charge in [-0.25, -0.2) is 9.97 Å². The summed E-state index contributed by atoms with van der Waals surface area (Å²) < 4.78 is 1.83. The number of nitrogens with zero attached hydrogens (tertiary/aromatic N) is 3. The molecule has 19 heavy (non-hydrogen) atoms. The number of rotatable bonds is 1. The summed E-state index contributed by atoms with van der Waals surface area (Å²) in [5.41, 5.74) is 1.73. The van der Waals surface area contributed by atoms with E-state index in [1.807, 2.05) is 24.3 Å². The summed E-state index contributed by atoms with van der Waals surface area (Å²) >= 11 is 11.7. The highest BCUT2D eigenvalue weighted by molar-refractivity contribution is 14.1. The Balaban J connectivity index is 2.31. The smallest absolute Gasteiger partial charge is 0.163 e. The van der Waals surface area contributed by atoms with Gasteiger partial charge in [0.05, 0.1) is 9.09 Å². The fraction of sp³-hybridized carbons (Fsp3) is 0. The first-order valence-electron chi connectivity index (χ1n) is 5.38. The second-order valence-corrected chi connectivity index (χ2v) is 6.20. The Morgan fingerprint density at radius 1 is 1.16 bits per heavy atom. The van der Waals surface area contributed by atoms with Gasteiger partial charge in [-0.2, -0.15) is 0 Å². The molecule has 0 saturated carbocycles. The molecule has 0 amide bonds. The van der Waals surface area contributed by atoms with Crippen LogP contribution in [0.2, 0.25) is 5.15 Å². The zero-order valence-corrected chi connectivity index (χ0v) is 13.9. The van der Waals surface area contributed by atoms with Crippen molar-refractivity contribution in [3.63, 3.8) is 0 Å². The molecule has 1 aromatic carbocycles. The standard InChI is InChI=1S/C13H6BrClIN3/c14-9-4-3-8(11-7(9)2-1-5-17-11)13-18-6-10(16)12(15)19-13/h1-6H. The lowest BCUT2D eigenvalue weighted by molar-refractivity contribution is 1.16. The van der Waals surface area contributed by atoms with Crippen LogP contribution < -0.4 is 0 Å². The van der Waals surface area contributed by atoms with E-state index in [0.717, 1.165) is 24.5 Å². The fourth-order valence-corrected chi connectivity index (χ4v) is 2.64. The maximum atomic E-state index is 6.06. The van der Waals surface area contributed by atoms with Crippen LogP contribution in [-0.4, -0.2) is 15.0 Å². The maximum absolute atomic E-state index is 6.06. The van der Waals surface area contributed by atoms with Crippen LogP contribution in [0.15, 0.2) is 41.1 Å². The van der Waals surface area contributed by atoms with E-state index in [9.17, 15) is 0 Å². The van der Waals surface area contributed by atoms with Crippen molar-refractivity contribution >= 4 is 61.0 Å². The molecule has 6 heteroatoms. The van der Waals surface area contributed by atoms with Crippen LogP contribution in [0.1, 0.15) is 0 Å². The van der Waals surface area contributed by atoms with Gasteiger partial charge in [0, 0.05) is 27.8 Å². The third-order valence-electron chi connectivity index (χ3n) is 2.66. The Hall–Kier alpha value is -0.790. The van der Waals surface area contributed by atoms with Crippen LogP contribution in [0.5, 0.6) is 0 Å². The van der Waals surface area contributed by atoms with Crippen molar-refractivity contribution in [3.8, 4) is 11.4 Å². The van der Waals surface area contributed by atoms with Gasteiger partial charge in [-0.05, 0) is 40.8 Å². The monoisotopic (exact) mass is 445 g/mol. The third kappa shape index (κ3) is 2.46. The summed E-state index contributed by atoms with van der Waals surface area (Å²) in [6, 6.07) is 7.81. The topological polar surface area (TPSA) is 38.7 Å². The van der Waals surface area contributed by atoms with Gasteiger partial charge in [0.15, 0.2) is 5.82 Å².